The molecule has 2 atom stereocenters. The Bertz CT molecular complexity index is 248. The van der Waals surface area contributed by atoms with Gasteiger partial charge in [0.1, 0.15) is 0 Å². The fourth-order valence-electron chi connectivity index (χ4n) is 0.886. The highest BCUT2D eigenvalue weighted by Gasteiger charge is 2.31. The molecule has 0 fully saturated rings. The molecule has 0 aliphatic heterocycles. The fraction of sp³-hybridized carbons (Fsp3) is 0.800. The highest BCUT2D eigenvalue weighted by atomic mass is 16.4. The zero-order valence-corrected chi connectivity index (χ0v) is 9.57. The lowest BCUT2D eigenvalue weighted by atomic mass is 9.89. The third-order valence-corrected chi connectivity index (χ3v) is 2.53. The van der Waals surface area contributed by atoms with E-state index in [2.05, 4.69) is 5.32 Å². The monoisotopic (exact) mass is 217 g/mol. The number of aliphatic hydroxyl groups excluding tert-OH is 1. The number of carbonyl (C=O) groups is 2. The second-order valence-electron chi connectivity index (χ2n) is 4.27. The molecule has 5 heteroatoms. The minimum absolute atomic E-state index is 0.363. The summed E-state index contributed by atoms with van der Waals surface area (Å²) < 4.78 is 0. The van der Waals surface area contributed by atoms with Crippen molar-refractivity contribution in [1.29, 1.82) is 0 Å². The zero-order chi connectivity index (χ0) is 12.2. The Labute approximate surface area is 89.5 Å². The number of carbonyl (C=O) groups excluding carboxylic acids is 1. The van der Waals surface area contributed by atoms with Gasteiger partial charge in [0, 0.05) is 5.41 Å². The van der Waals surface area contributed by atoms with Crippen LogP contribution in [-0.2, 0) is 9.59 Å². The van der Waals surface area contributed by atoms with Gasteiger partial charge in [0.15, 0.2) is 6.04 Å². The van der Waals surface area contributed by atoms with Crippen LogP contribution in [0.5, 0.6) is 0 Å². The summed E-state index contributed by atoms with van der Waals surface area (Å²) in [7, 11) is 0. The molecule has 15 heavy (non-hydrogen) atoms. The Morgan fingerprint density at radius 1 is 1.40 bits per heavy atom. The molecule has 0 aromatic heterocycles. The lowest BCUT2D eigenvalue weighted by molar-refractivity contribution is -0.146. The number of hydrogen-bond donors (Lipinski definition) is 3. The van der Waals surface area contributed by atoms with Crippen molar-refractivity contribution in [3.63, 3.8) is 0 Å². The van der Waals surface area contributed by atoms with E-state index in [0.717, 1.165) is 0 Å². The van der Waals surface area contributed by atoms with E-state index in [1.807, 2.05) is 6.92 Å². The molecule has 0 saturated heterocycles. The first-order valence-electron chi connectivity index (χ1n) is 4.94. The average molecular weight is 217 g/mol. The van der Waals surface area contributed by atoms with Gasteiger partial charge in [0.2, 0.25) is 5.91 Å². The van der Waals surface area contributed by atoms with Crippen LogP contribution in [0, 0.1) is 5.41 Å². The number of aliphatic hydroxyl groups is 1. The molecule has 0 aromatic rings. The van der Waals surface area contributed by atoms with Crippen LogP contribution in [0.1, 0.15) is 34.1 Å². The van der Waals surface area contributed by atoms with Gasteiger partial charge in [-0.1, -0.05) is 20.8 Å². The van der Waals surface area contributed by atoms with Crippen LogP contribution in [-0.4, -0.2) is 34.2 Å². The smallest absolute Gasteiger partial charge is 0.328 e. The van der Waals surface area contributed by atoms with Gasteiger partial charge in [-0.05, 0) is 13.3 Å². The second-order valence-corrected chi connectivity index (χ2v) is 4.27. The van der Waals surface area contributed by atoms with Crippen molar-refractivity contribution in [1.82, 2.24) is 5.32 Å². The van der Waals surface area contributed by atoms with E-state index in [9.17, 15) is 14.7 Å². The molecule has 0 saturated carbocycles. The first kappa shape index (κ1) is 13.9. The van der Waals surface area contributed by atoms with Gasteiger partial charge in [-0.2, -0.15) is 0 Å². The van der Waals surface area contributed by atoms with Crippen LogP contribution in [0.25, 0.3) is 0 Å². The van der Waals surface area contributed by atoms with Crippen LogP contribution >= 0.6 is 0 Å². The van der Waals surface area contributed by atoms with Crippen molar-refractivity contribution in [3.05, 3.63) is 0 Å². The molecule has 1 amide bonds. The van der Waals surface area contributed by atoms with E-state index in [-0.39, 0.29) is 5.91 Å². The standard InChI is InChI=1S/C10H19NO4/c1-5-10(3,4)9(15)11-7(6(2)12)8(13)14/h6-7,12H,5H2,1-4H3,(H,11,15)(H,13,14)/t6-,7+/m1/s1. The predicted molar refractivity (Wildman–Crippen MR) is 55.3 cm³/mol. The van der Waals surface area contributed by atoms with Crippen molar-refractivity contribution in [2.45, 2.75) is 46.3 Å². The lowest BCUT2D eigenvalue weighted by Crippen LogP contribution is -2.51. The first-order valence-corrected chi connectivity index (χ1v) is 4.94. The summed E-state index contributed by atoms with van der Waals surface area (Å²) in [4.78, 5) is 22.3. The normalized spacial score (nSPS) is 15.5. The molecular formula is C10H19NO4. The van der Waals surface area contributed by atoms with Gasteiger partial charge >= 0.3 is 5.97 Å². The molecule has 0 radical (unpaired) electrons. The van der Waals surface area contributed by atoms with Gasteiger partial charge < -0.3 is 15.5 Å². The van der Waals surface area contributed by atoms with Crippen LogP contribution in [0.2, 0.25) is 0 Å². The Morgan fingerprint density at radius 2 is 1.87 bits per heavy atom. The van der Waals surface area contributed by atoms with Gasteiger partial charge in [0.25, 0.3) is 0 Å². The number of rotatable bonds is 5. The van der Waals surface area contributed by atoms with Crippen molar-refractivity contribution >= 4 is 11.9 Å². The molecule has 0 rings (SSSR count). The van der Waals surface area contributed by atoms with Gasteiger partial charge in [0.05, 0.1) is 6.10 Å². The van der Waals surface area contributed by atoms with Gasteiger partial charge in [-0.3, -0.25) is 4.79 Å². The Morgan fingerprint density at radius 3 is 2.13 bits per heavy atom. The highest BCUT2D eigenvalue weighted by molar-refractivity contribution is 5.87. The molecular weight excluding hydrogens is 198 g/mol. The first-order chi connectivity index (χ1) is 6.72. The fourth-order valence-corrected chi connectivity index (χ4v) is 0.886. The van der Waals surface area contributed by atoms with E-state index in [4.69, 9.17) is 5.11 Å². The minimum atomic E-state index is -1.25. The maximum absolute atomic E-state index is 11.6. The van der Waals surface area contributed by atoms with Crippen molar-refractivity contribution in [2.24, 2.45) is 5.41 Å². The van der Waals surface area contributed by atoms with E-state index in [1.165, 1.54) is 6.92 Å². The van der Waals surface area contributed by atoms with E-state index in [0.29, 0.717) is 6.42 Å². The Balaban J connectivity index is 4.57. The molecule has 0 unspecified atom stereocenters. The Kier molecular flexibility index (Phi) is 4.74. The van der Waals surface area contributed by atoms with Gasteiger partial charge in [-0.15, -0.1) is 0 Å². The SMILES string of the molecule is CCC(C)(C)C(=O)N[C@H](C(=O)O)[C@@H](C)O. The summed E-state index contributed by atoms with van der Waals surface area (Å²) in [5.74, 6) is -1.59. The minimum Gasteiger partial charge on any atom is -0.480 e. The summed E-state index contributed by atoms with van der Waals surface area (Å²) in [6.07, 6.45) is -0.510. The number of nitrogens with one attached hydrogen (secondary N) is 1. The lowest BCUT2D eigenvalue weighted by Gasteiger charge is -2.25. The van der Waals surface area contributed by atoms with Crippen LogP contribution in [0.3, 0.4) is 0 Å². The topological polar surface area (TPSA) is 86.6 Å². The molecule has 0 aliphatic carbocycles. The molecule has 0 heterocycles. The quantitative estimate of drug-likeness (QED) is 0.621. The Hall–Kier alpha value is -1.10. The van der Waals surface area contributed by atoms with Crippen LogP contribution in [0.15, 0.2) is 0 Å². The van der Waals surface area contributed by atoms with Crippen molar-refractivity contribution in [3.8, 4) is 0 Å². The highest BCUT2D eigenvalue weighted by Crippen LogP contribution is 2.19. The molecule has 0 spiro atoms. The molecule has 0 bridgehead atoms. The number of carboxylic acids is 1. The molecule has 0 aliphatic rings. The molecule has 0 aromatic carbocycles. The largest absolute Gasteiger partial charge is 0.480 e. The maximum Gasteiger partial charge on any atom is 0.328 e. The number of amides is 1. The molecule has 3 N–H and O–H groups in total. The molecule has 5 nitrogen and oxygen atoms in total. The van der Waals surface area contributed by atoms with Crippen molar-refractivity contribution in [2.75, 3.05) is 0 Å². The van der Waals surface area contributed by atoms with E-state index < -0.39 is 23.5 Å². The van der Waals surface area contributed by atoms with E-state index >= 15 is 0 Å². The number of hydrogen-bond acceptors (Lipinski definition) is 3. The second kappa shape index (κ2) is 5.11. The zero-order valence-electron chi connectivity index (χ0n) is 9.57. The predicted octanol–water partition coefficient (Wildman–Crippen LogP) is 0.373. The summed E-state index contributed by atoms with van der Waals surface area (Å²) in [6, 6.07) is -1.25. The van der Waals surface area contributed by atoms with Gasteiger partial charge in [-0.25, -0.2) is 4.79 Å². The average Bonchev–Trinajstić information content (AvgIpc) is 2.12. The number of aliphatic carboxylic acids is 1. The van der Waals surface area contributed by atoms with Crippen molar-refractivity contribution < 1.29 is 19.8 Å². The maximum atomic E-state index is 11.6. The summed E-state index contributed by atoms with van der Waals surface area (Å²) in [5, 5.41) is 20.2. The summed E-state index contributed by atoms with van der Waals surface area (Å²) >= 11 is 0. The third kappa shape index (κ3) is 3.87. The van der Waals surface area contributed by atoms with Crippen LogP contribution in [0.4, 0.5) is 0 Å². The number of carboxylic acid groups (broad SMARTS) is 1. The third-order valence-electron chi connectivity index (χ3n) is 2.53. The van der Waals surface area contributed by atoms with Crippen LogP contribution < -0.4 is 5.32 Å². The molecule has 88 valence electrons. The van der Waals surface area contributed by atoms with E-state index in [1.54, 1.807) is 13.8 Å². The summed E-state index contributed by atoms with van der Waals surface area (Å²) in [6.45, 7) is 6.63. The summed E-state index contributed by atoms with van der Waals surface area (Å²) in [5.41, 5.74) is -0.622.